The lowest BCUT2D eigenvalue weighted by atomic mass is 10.0. The van der Waals surface area contributed by atoms with Crippen LogP contribution >= 0.6 is 0 Å². The molecule has 6 heteroatoms. The molecule has 0 aromatic carbocycles. The monoisotopic (exact) mass is 1280 g/mol. The molecule has 1 amide bonds. The summed E-state index contributed by atoms with van der Waals surface area (Å²) in [5.74, 6) is -0.0437. The van der Waals surface area contributed by atoms with Gasteiger partial charge in [-0.25, -0.2) is 0 Å². The van der Waals surface area contributed by atoms with Crippen LogP contribution in [-0.4, -0.2) is 47.4 Å². The summed E-state index contributed by atoms with van der Waals surface area (Å²) < 4.78 is 5.51. The van der Waals surface area contributed by atoms with Crippen LogP contribution in [0.15, 0.2) is 36.5 Å². The summed E-state index contributed by atoms with van der Waals surface area (Å²) in [6.07, 6.45) is 106. The topological polar surface area (TPSA) is 95.9 Å². The van der Waals surface area contributed by atoms with Crippen molar-refractivity contribution in [3.05, 3.63) is 36.5 Å². The van der Waals surface area contributed by atoms with Crippen LogP contribution in [0.2, 0.25) is 0 Å². The number of amides is 1. The standard InChI is InChI=1S/C85H163NO5/c1-3-5-7-9-11-13-15-17-19-21-43-46-49-53-57-61-65-69-73-77-83(88)82(81-87)86-84(89)78-74-70-66-62-58-54-50-47-44-41-39-37-35-33-31-29-27-25-23-22-24-26-28-30-32-34-36-38-40-42-45-48-52-56-60-64-68-72-76-80-91-85(90)79-75-71-67-63-59-55-51-20-18-16-14-12-10-8-6-4-2/h20,22-23,51,73,77,82-83,87-88H,3-19,21,24-50,52-72,74-76,78-81H2,1-2H3,(H,86,89)/b23-22-,51-20-,77-73+. The van der Waals surface area contributed by atoms with E-state index in [0.717, 1.165) is 44.9 Å². The largest absolute Gasteiger partial charge is 0.466 e. The highest BCUT2D eigenvalue weighted by atomic mass is 16.5. The van der Waals surface area contributed by atoms with E-state index in [1.54, 1.807) is 6.08 Å². The van der Waals surface area contributed by atoms with Crippen molar-refractivity contribution in [2.45, 2.75) is 482 Å². The number of unbranched alkanes of at least 4 members (excludes halogenated alkanes) is 64. The molecule has 0 radical (unpaired) electrons. The number of allylic oxidation sites excluding steroid dienone is 5. The highest BCUT2D eigenvalue weighted by Crippen LogP contribution is 2.20. The Labute approximate surface area is 570 Å². The third-order valence-electron chi connectivity index (χ3n) is 19.6. The van der Waals surface area contributed by atoms with E-state index in [1.807, 2.05) is 6.08 Å². The summed E-state index contributed by atoms with van der Waals surface area (Å²) in [4.78, 5) is 24.6. The molecular formula is C85H163NO5. The molecule has 91 heavy (non-hydrogen) atoms. The Morgan fingerprint density at radius 1 is 0.297 bits per heavy atom. The Morgan fingerprint density at radius 2 is 0.516 bits per heavy atom. The van der Waals surface area contributed by atoms with Crippen LogP contribution in [0.25, 0.3) is 0 Å². The van der Waals surface area contributed by atoms with Crippen molar-refractivity contribution in [1.82, 2.24) is 5.32 Å². The number of esters is 1. The molecule has 0 aliphatic rings. The summed E-state index contributed by atoms with van der Waals surface area (Å²) in [5.41, 5.74) is 0. The second-order valence-electron chi connectivity index (χ2n) is 28.8. The Morgan fingerprint density at radius 3 is 0.780 bits per heavy atom. The molecule has 0 aliphatic heterocycles. The average molecular weight is 1280 g/mol. The zero-order valence-corrected chi connectivity index (χ0v) is 61.9. The van der Waals surface area contributed by atoms with Crippen LogP contribution in [0.4, 0.5) is 0 Å². The minimum atomic E-state index is -0.842. The Bertz CT molecular complexity index is 1470. The number of hydrogen-bond acceptors (Lipinski definition) is 5. The van der Waals surface area contributed by atoms with Gasteiger partial charge in [-0.1, -0.05) is 410 Å². The molecule has 538 valence electrons. The lowest BCUT2D eigenvalue weighted by molar-refractivity contribution is -0.143. The highest BCUT2D eigenvalue weighted by molar-refractivity contribution is 5.76. The lowest BCUT2D eigenvalue weighted by Gasteiger charge is -2.20. The fourth-order valence-electron chi connectivity index (χ4n) is 13.3. The van der Waals surface area contributed by atoms with Crippen molar-refractivity contribution in [2.24, 2.45) is 0 Å². The van der Waals surface area contributed by atoms with Gasteiger partial charge >= 0.3 is 5.97 Å². The molecular weight excluding hydrogens is 1110 g/mol. The molecule has 0 saturated heterocycles. The molecule has 0 saturated carbocycles. The summed E-state index contributed by atoms with van der Waals surface area (Å²) in [7, 11) is 0. The minimum Gasteiger partial charge on any atom is -0.466 e. The average Bonchev–Trinajstić information content (AvgIpc) is 3.74. The Kier molecular flexibility index (Phi) is 78.8. The molecule has 0 fully saturated rings. The fourth-order valence-corrected chi connectivity index (χ4v) is 13.3. The number of hydrogen-bond donors (Lipinski definition) is 3. The summed E-state index contributed by atoms with van der Waals surface area (Å²) in [6.45, 7) is 4.95. The summed E-state index contributed by atoms with van der Waals surface area (Å²) >= 11 is 0. The van der Waals surface area contributed by atoms with Gasteiger partial charge in [0, 0.05) is 12.8 Å². The molecule has 0 rings (SSSR count). The Hall–Kier alpha value is -1.92. The van der Waals surface area contributed by atoms with Crippen LogP contribution in [0.3, 0.4) is 0 Å². The van der Waals surface area contributed by atoms with Crippen molar-refractivity contribution in [3.63, 3.8) is 0 Å². The van der Waals surface area contributed by atoms with E-state index in [9.17, 15) is 19.8 Å². The predicted molar refractivity (Wildman–Crippen MR) is 403 cm³/mol. The molecule has 0 aromatic rings. The molecule has 0 spiro atoms. The number of aliphatic hydroxyl groups is 2. The van der Waals surface area contributed by atoms with Crippen LogP contribution < -0.4 is 5.32 Å². The second kappa shape index (κ2) is 80.5. The first kappa shape index (κ1) is 89.1. The summed E-state index contributed by atoms with van der Waals surface area (Å²) in [6, 6.07) is -0.625. The predicted octanol–water partition coefficient (Wildman–Crippen LogP) is 27.8. The van der Waals surface area contributed by atoms with Gasteiger partial charge in [0.2, 0.25) is 5.91 Å². The molecule has 0 aromatic heterocycles. The van der Waals surface area contributed by atoms with Crippen LogP contribution in [0, 0.1) is 0 Å². The second-order valence-corrected chi connectivity index (χ2v) is 28.8. The van der Waals surface area contributed by atoms with Crippen molar-refractivity contribution in [3.8, 4) is 0 Å². The first-order chi connectivity index (χ1) is 45.0. The lowest BCUT2D eigenvalue weighted by Crippen LogP contribution is -2.45. The van der Waals surface area contributed by atoms with Gasteiger partial charge in [-0.15, -0.1) is 0 Å². The third kappa shape index (κ3) is 77.0. The maximum Gasteiger partial charge on any atom is 0.305 e. The molecule has 0 heterocycles. The first-order valence-corrected chi connectivity index (χ1v) is 41.8. The molecule has 6 nitrogen and oxygen atoms in total. The minimum absolute atomic E-state index is 0.0157. The van der Waals surface area contributed by atoms with E-state index < -0.39 is 12.1 Å². The van der Waals surface area contributed by atoms with Gasteiger partial charge in [-0.2, -0.15) is 0 Å². The van der Waals surface area contributed by atoms with Gasteiger partial charge in [0.05, 0.1) is 25.4 Å². The van der Waals surface area contributed by atoms with E-state index in [4.69, 9.17) is 4.74 Å². The molecule has 0 bridgehead atoms. The molecule has 2 atom stereocenters. The zero-order valence-electron chi connectivity index (χ0n) is 61.9. The van der Waals surface area contributed by atoms with Gasteiger partial charge in [0.25, 0.3) is 0 Å². The van der Waals surface area contributed by atoms with E-state index in [-0.39, 0.29) is 18.5 Å². The third-order valence-corrected chi connectivity index (χ3v) is 19.6. The van der Waals surface area contributed by atoms with Crippen molar-refractivity contribution in [2.75, 3.05) is 13.2 Å². The highest BCUT2D eigenvalue weighted by Gasteiger charge is 2.18. The van der Waals surface area contributed by atoms with Gasteiger partial charge in [0.1, 0.15) is 0 Å². The van der Waals surface area contributed by atoms with E-state index in [1.165, 1.54) is 398 Å². The van der Waals surface area contributed by atoms with Gasteiger partial charge in [0.15, 0.2) is 0 Å². The number of ether oxygens (including phenoxy) is 1. The quantitative estimate of drug-likeness (QED) is 0.0320. The van der Waals surface area contributed by atoms with Crippen LogP contribution in [-0.2, 0) is 14.3 Å². The Balaban J connectivity index is 3.34. The van der Waals surface area contributed by atoms with Crippen LogP contribution in [0.1, 0.15) is 470 Å². The first-order valence-electron chi connectivity index (χ1n) is 41.8. The number of aliphatic hydroxyl groups excluding tert-OH is 2. The van der Waals surface area contributed by atoms with E-state index in [0.29, 0.717) is 19.4 Å². The fraction of sp³-hybridized carbons (Fsp3) is 0.906. The number of nitrogens with one attached hydrogen (secondary N) is 1. The molecule has 3 N–H and O–H groups in total. The zero-order chi connectivity index (χ0) is 65.6. The smallest absolute Gasteiger partial charge is 0.305 e. The number of carbonyl (C=O) groups is 2. The van der Waals surface area contributed by atoms with E-state index >= 15 is 0 Å². The number of carbonyl (C=O) groups excluding carboxylic acids is 2. The van der Waals surface area contributed by atoms with Gasteiger partial charge in [-0.05, 0) is 83.5 Å². The van der Waals surface area contributed by atoms with Crippen molar-refractivity contribution >= 4 is 11.9 Å². The van der Waals surface area contributed by atoms with Gasteiger partial charge in [-0.3, -0.25) is 9.59 Å². The molecule has 0 aliphatic carbocycles. The number of rotatable bonds is 79. The maximum atomic E-state index is 12.5. The molecule has 2 unspecified atom stereocenters. The van der Waals surface area contributed by atoms with Gasteiger partial charge < -0.3 is 20.3 Å². The van der Waals surface area contributed by atoms with Crippen molar-refractivity contribution < 1.29 is 24.5 Å². The normalized spacial score (nSPS) is 12.6. The summed E-state index contributed by atoms with van der Waals surface area (Å²) in [5, 5.41) is 23.3. The maximum absolute atomic E-state index is 12.5. The van der Waals surface area contributed by atoms with E-state index in [2.05, 4.69) is 43.5 Å². The SMILES string of the molecule is CCCCCCCCC/C=C\CCCCCCCC(=O)OCCCCCCCCCCCCCCCCCCCC/C=C\CCCCCCCCCCCCCCCCCCCC(=O)NC(CO)C(O)/C=C/CCCCCCCCCCCCCCCCCCC. The van der Waals surface area contributed by atoms with Crippen LogP contribution in [0.5, 0.6) is 0 Å². The van der Waals surface area contributed by atoms with Crippen molar-refractivity contribution in [1.29, 1.82) is 0 Å².